The fourth-order valence-electron chi connectivity index (χ4n) is 4.98. The van der Waals surface area contributed by atoms with Crippen molar-refractivity contribution in [3.8, 4) is 6.07 Å². The van der Waals surface area contributed by atoms with Crippen LogP contribution in [-0.4, -0.2) is 47.7 Å². The second-order valence-corrected chi connectivity index (χ2v) is 11.5. The molecule has 0 aromatic heterocycles. The fraction of sp³-hybridized carbons (Fsp3) is 0.353. The molecule has 8 nitrogen and oxygen atoms in total. The molecule has 3 aromatic carbocycles. The first-order valence-corrected chi connectivity index (χ1v) is 15.8. The van der Waals surface area contributed by atoms with Crippen molar-refractivity contribution in [3.05, 3.63) is 107 Å². The van der Waals surface area contributed by atoms with E-state index < -0.39 is 12.1 Å². The van der Waals surface area contributed by atoms with Gasteiger partial charge in [-0.15, -0.1) is 0 Å². The Morgan fingerprint density at radius 1 is 1.05 bits per heavy atom. The summed E-state index contributed by atoms with van der Waals surface area (Å²) in [5.41, 5.74) is 10.6. The summed E-state index contributed by atoms with van der Waals surface area (Å²) in [6.45, 7) is 3.74. The average molecular weight is 597 g/mol. The largest absolute Gasteiger partial charge is 0.384 e. The number of hydrogen-bond donors (Lipinski definition) is 3. The van der Waals surface area contributed by atoms with Crippen LogP contribution in [0.2, 0.25) is 0 Å². The summed E-state index contributed by atoms with van der Waals surface area (Å²) in [5, 5.41) is 12.2. The van der Waals surface area contributed by atoms with Crippen LogP contribution in [0.3, 0.4) is 0 Å². The lowest BCUT2D eigenvalue weighted by molar-refractivity contribution is -0.139. The molecule has 2 atom stereocenters. The highest BCUT2D eigenvalue weighted by atomic mass is 32.2. The second-order valence-electron chi connectivity index (χ2n) is 10.7. The number of aliphatic imine (C=N–C) groups is 1. The molecule has 0 bridgehead atoms. The number of amidine groups is 1. The Morgan fingerprint density at radius 2 is 1.77 bits per heavy atom. The highest BCUT2D eigenvalue weighted by molar-refractivity contribution is 7.96. The van der Waals surface area contributed by atoms with E-state index in [2.05, 4.69) is 40.2 Å². The van der Waals surface area contributed by atoms with Gasteiger partial charge in [-0.2, -0.15) is 5.26 Å². The minimum Gasteiger partial charge on any atom is -0.384 e. The van der Waals surface area contributed by atoms with Crippen LogP contribution < -0.4 is 15.8 Å². The van der Waals surface area contributed by atoms with E-state index in [1.807, 2.05) is 54.6 Å². The molecule has 0 radical (unpaired) electrons. The van der Waals surface area contributed by atoms with Gasteiger partial charge >= 0.3 is 0 Å². The van der Waals surface area contributed by atoms with E-state index in [9.17, 15) is 9.59 Å². The molecule has 4 N–H and O–H groups in total. The molecule has 43 heavy (non-hydrogen) atoms. The quantitative estimate of drug-likeness (QED) is 0.107. The Hall–Kier alpha value is -4.13. The van der Waals surface area contributed by atoms with Crippen molar-refractivity contribution in [2.75, 3.05) is 13.1 Å². The van der Waals surface area contributed by atoms with Gasteiger partial charge in [-0.3, -0.25) is 19.3 Å². The summed E-state index contributed by atoms with van der Waals surface area (Å²) < 4.78 is 3.38. The summed E-state index contributed by atoms with van der Waals surface area (Å²) in [7, 11) is 0. The van der Waals surface area contributed by atoms with E-state index in [1.54, 1.807) is 17.0 Å². The van der Waals surface area contributed by atoms with Crippen molar-refractivity contribution >= 4 is 29.6 Å². The maximum absolute atomic E-state index is 13.9. The first-order chi connectivity index (χ1) is 21.0. The predicted octanol–water partition coefficient (Wildman–Crippen LogP) is 4.72. The molecule has 224 valence electrons. The van der Waals surface area contributed by atoms with Gasteiger partial charge in [0.2, 0.25) is 11.8 Å². The molecule has 1 aliphatic rings. The van der Waals surface area contributed by atoms with Gasteiger partial charge in [0.25, 0.3) is 0 Å². The number of likely N-dealkylation sites (tertiary alicyclic amines) is 1. The summed E-state index contributed by atoms with van der Waals surface area (Å²) in [4.78, 5) is 33.3. The van der Waals surface area contributed by atoms with Gasteiger partial charge in [0, 0.05) is 31.0 Å². The standard InChI is InChI=1S/C34H40N6O2S/c1-2-3-19-37-32(36)29-17-15-27(16-18-29)23-38-33(41)31-10-7-20-40(31)34(42)30(21-25-11-13-26(22-35)14-12-25)39-43-24-28-8-5-4-6-9-28/h4-6,8-9,11-18,30-31,39H,2-3,7,10,19-21,23-24H2,1H3,(H2,36,37)(H,38,41). The molecule has 1 heterocycles. The third-order valence-electron chi connectivity index (χ3n) is 7.48. The van der Waals surface area contributed by atoms with E-state index in [0.717, 1.165) is 41.5 Å². The van der Waals surface area contributed by atoms with Crippen LogP contribution in [-0.2, 0) is 28.3 Å². The Kier molecular flexibility index (Phi) is 12.2. The minimum absolute atomic E-state index is 0.0928. The second kappa shape index (κ2) is 16.5. The van der Waals surface area contributed by atoms with Crippen molar-refractivity contribution in [1.82, 2.24) is 14.9 Å². The van der Waals surface area contributed by atoms with Gasteiger partial charge in [-0.25, -0.2) is 0 Å². The number of carbonyl (C=O) groups is 2. The number of rotatable bonds is 14. The molecule has 1 aliphatic heterocycles. The van der Waals surface area contributed by atoms with E-state index >= 15 is 0 Å². The first kappa shape index (κ1) is 31.8. The van der Waals surface area contributed by atoms with Crippen LogP contribution in [0, 0.1) is 11.3 Å². The lowest BCUT2D eigenvalue weighted by atomic mass is 10.0. The maximum Gasteiger partial charge on any atom is 0.243 e. The Labute approximate surface area is 258 Å². The van der Waals surface area contributed by atoms with E-state index in [4.69, 9.17) is 11.0 Å². The molecule has 4 rings (SSSR count). The predicted molar refractivity (Wildman–Crippen MR) is 173 cm³/mol. The highest BCUT2D eigenvalue weighted by Gasteiger charge is 2.37. The summed E-state index contributed by atoms with van der Waals surface area (Å²) in [6, 6.07) is 26.2. The lowest BCUT2D eigenvalue weighted by Crippen LogP contribution is -2.52. The normalized spacial score (nSPS) is 15.6. The number of nitrogens with one attached hydrogen (secondary N) is 2. The van der Waals surface area contributed by atoms with E-state index in [1.165, 1.54) is 11.9 Å². The third kappa shape index (κ3) is 9.43. The van der Waals surface area contributed by atoms with Crippen molar-refractivity contribution in [1.29, 1.82) is 5.26 Å². The molecular formula is C34H40N6O2S. The Balaban J connectivity index is 1.38. The SMILES string of the molecule is CCCCN=C(N)c1ccc(CNC(=O)C2CCCN2C(=O)C(Cc2ccc(C#N)cc2)NSCc2ccccc2)cc1. The first-order valence-electron chi connectivity index (χ1n) is 14.9. The van der Waals surface area contributed by atoms with Crippen LogP contribution in [0.15, 0.2) is 83.9 Å². The number of nitrogens with two attached hydrogens (primary N) is 1. The van der Waals surface area contributed by atoms with Crippen molar-refractivity contribution in [3.63, 3.8) is 0 Å². The lowest BCUT2D eigenvalue weighted by Gasteiger charge is -2.29. The van der Waals surface area contributed by atoms with Crippen LogP contribution in [0.1, 0.15) is 60.4 Å². The Bertz CT molecular complexity index is 1400. The van der Waals surface area contributed by atoms with Gasteiger partial charge in [0.05, 0.1) is 11.6 Å². The zero-order valence-electron chi connectivity index (χ0n) is 24.7. The maximum atomic E-state index is 13.9. The summed E-state index contributed by atoms with van der Waals surface area (Å²) >= 11 is 1.49. The number of amides is 2. The molecule has 1 fully saturated rings. The molecule has 3 aromatic rings. The molecule has 0 saturated carbocycles. The minimum atomic E-state index is -0.521. The fourth-order valence-corrected chi connectivity index (χ4v) is 5.81. The monoisotopic (exact) mass is 596 g/mol. The van der Waals surface area contributed by atoms with Gasteiger partial charge in [0.15, 0.2) is 0 Å². The molecule has 0 aliphatic carbocycles. The Morgan fingerprint density at radius 3 is 2.47 bits per heavy atom. The number of nitrogens with zero attached hydrogens (tertiary/aromatic N) is 3. The topological polar surface area (TPSA) is 124 Å². The van der Waals surface area contributed by atoms with Crippen LogP contribution in [0.4, 0.5) is 0 Å². The molecule has 0 spiro atoms. The van der Waals surface area contributed by atoms with Crippen LogP contribution in [0.5, 0.6) is 0 Å². The van der Waals surface area contributed by atoms with Gasteiger partial charge in [0.1, 0.15) is 17.9 Å². The molecule has 9 heteroatoms. The van der Waals surface area contributed by atoms with Gasteiger partial charge in [-0.05, 0) is 54.5 Å². The zero-order chi connectivity index (χ0) is 30.4. The number of carbonyl (C=O) groups excluding carboxylic acids is 2. The summed E-state index contributed by atoms with van der Waals surface area (Å²) in [5.74, 6) is 0.987. The van der Waals surface area contributed by atoms with E-state index in [-0.39, 0.29) is 11.8 Å². The molecule has 2 amide bonds. The molecular weight excluding hydrogens is 556 g/mol. The molecule has 1 saturated heterocycles. The van der Waals surface area contributed by atoms with Gasteiger partial charge in [-0.1, -0.05) is 92.0 Å². The number of hydrogen-bond acceptors (Lipinski definition) is 6. The molecule has 2 unspecified atom stereocenters. The van der Waals surface area contributed by atoms with Crippen molar-refractivity contribution in [2.45, 2.75) is 63.4 Å². The van der Waals surface area contributed by atoms with Crippen LogP contribution >= 0.6 is 11.9 Å². The van der Waals surface area contributed by atoms with Gasteiger partial charge < -0.3 is 16.0 Å². The van der Waals surface area contributed by atoms with E-state index in [0.29, 0.717) is 49.6 Å². The number of nitriles is 1. The summed E-state index contributed by atoms with van der Waals surface area (Å²) in [6.07, 6.45) is 3.93. The third-order valence-corrected chi connectivity index (χ3v) is 8.41. The highest BCUT2D eigenvalue weighted by Crippen LogP contribution is 2.21. The van der Waals surface area contributed by atoms with Crippen LogP contribution in [0.25, 0.3) is 0 Å². The average Bonchev–Trinajstić information content (AvgIpc) is 3.54. The smallest absolute Gasteiger partial charge is 0.243 e. The number of unbranched alkanes of at least 4 members (excludes halogenated alkanes) is 1. The van der Waals surface area contributed by atoms with Crippen molar-refractivity contribution < 1.29 is 9.59 Å². The number of benzene rings is 3. The zero-order valence-corrected chi connectivity index (χ0v) is 25.5. The van der Waals surface area contributed by atoms with Crippen molar-refractivity contribution in [2.24, 2.45) is 10.7 Å².